The van der Waals surface area contributed by atoms with Crippen LogP contribution in [0.2, 0.25) is 0 Å². The summed E-state index contributed by atoms with van der Waals surface area (Å²) in [6.45, 7) is 2.99. The van der Waals surface area contributed by atoms with Crippen LogP contribution in [0, 0.1) is 6.92 Å². The Morgan fingerprint density at radius 3 is 3.04 bits per heavy atom. The van der Waals surface area contributed by atoms with Gasteiger partial charge in [0.05, 0.1) is 0 Å². The Bertz CT molecular complexity index is 1060. The Morgan fingerprint density at radius 2 is 2.22 bits per heavy atom. The van der Waals surface area contributed by atoms with Gasteiger partial charge in [-0.05, 0) is 31.4 Å². The lowest BCUT2D eigenvalue weighted by atomic mass is 10.2. The molecule has 140 valence electrons. The minimum absolute atomic E-state index is 0.0287. The van der Waals surface area contributed by atoms with Crippen molar-refractivity contribution in [2.45, 2.75) is 32.4 Å². The number of benzene rings is 1. The minimum Gasteiger partial charge on any atom is -0.350 e. The maximum Gasteiger partial charge on any atom is 0.275 e. The fourth-order valence-corrected chi connectivity index (χ4v) is 4.69. The van der Waals surface area contributed by atoms with E-state index in [0.29, 0.717) is 22.3 Å². The molecule has 2 aromatic heterocycles. The second-order valence-electron chi connectivity index (χ2n) is 6.48. The maximum absolute atomic E-state index is 12.8. The van der Waals surface area contributed by atoms with Gasteiger partial charge in [-0.3, -0.25) is 9.59 Å². The standard InChI is InChI=1S/C18H18BrN5O2S/c1-11-9-15(25)24-17(21-11)27-18(22-24)23-8-4-7-14(23)16(26)20-10-12-5-2-3-6-13(12)19/h2-3,5-6,9,14H,4,7-8,10H2,1H3,(H,20,26). The lowest BCUT2D eigenvalue weighted by Gasteiger charge is -2.22. The van der Waals surface area contributed by atoms with Gasteiger partial charge in [0.2, 0.25) is 16.0 Å². The summed E-state index contributed by atoms with van der Waals surface area (Å²) >= 11 is 4.84. The van der Waals surface area contributed by atoms with Crippen molar-refractivity contribution in [1.82, 2.24) is 19.9 Å². The number of hydrogen-bond acceptors (Lipinski definition) is 6. The SMILES string of the molecule is Cc1cc(=O)n2nc(N3CCCC3C(=O)NCc3ccccc3Br)sc2n1. The number of rotatable bonds is 4. The van der Waals surface area contributed by atoms with Crippen molar-refractivity contribution in [1.29, 1.82) is 0 Å². The van der Waals surface area contributed by atoms with Crippen LogP contribution in [0.25, 0.3) is 4.96 Å². The molecule has 1 amide bonds. The van der Waals surface area contributed by atoms with Crippen LogP contribution in [0.1, 0.15) is 24.1 Å². The summed E-state index contributed by atoms with van der Waals surface area (Å²) in [5, 5.41) is 8.07. The molecule has 1 unspecified atom stereocenters. The average molecular weight is 448 g/mol. The molecule has 1 N–H and O–H groups in total. The van der Waals surface area contributed by atoms with Gasteiger partial charge in [-0.2, -0.15) is 4.52 Å². The van der Waals surface area contributed by atoms with E-state index in [-0.39, 0.29) is 17.5 Å². The van der Waals surface area contributed by atoms with Gasteiger partial charge in [0, 0.05) is 29.3 Å². The van der Waals surface area contributed by atoms with E-state index in [9.17, 15) is 9.59 Å². The van der Waals surface area contributed by atoms with Crippen LogP contribution in [0.5, 0.6) is 0 Å². The zero-order chi connectivity index (χ0) is 19.0. The fraction of sp³-hybridized carbons (Fsp3) is 0.333. The third-order valence-corrected chi connectivity index (χ3v) is 6.29. The molecule has 4 rings (SSSR count). The molecule has 1 aliphatic rings. The highest BCUT2D eigenvalue weighted by Gasteiger charge is 2.33. The first-order valence-electron chi connectivity index (χ1n) is 8.68. The number of halogens is 1. The highest BCUT2D eigenvalue weighted by molar-refractivity contribution is 9.10. The predicted molar refractivity (Wildman–Crippen MR) is 108 cm³/mol. The van der Waals surface area contributed by atoms with Gasteiger partial charge >= 0.3 is 0 Å². The molecule has 1 aliphatic heterocycles. The van der Waals surface area contributed by atoms with E-state index in [1.165, 1.54) is 21.9 Å². The summed E-state index contributed by atoms with van der Waals surface area (Å²) in [7, 11) is 0. The van der Waals surface area contributed by atoms with Crippen molar-refractivity contribution in [3.8, 4) is 0 Å². The van der Waals surface area contributed by atoms with Crippen molar-refractivity contribution in [2.24, 2.45) is 0 Å². The summed E-state index contributed by atoms with van der Waals surface area (Å²) in [4.78, 5) is 31.8. The van der Waals surface area contributed by atoms with Crippen LogP contribution in [0.4, 0.5) is 5.13 Å². The molecule has 9 heteroatoms. The van der Waals surface area contributed by atoms with Gasteiger partial charge in [-0.25, -0.2) is 4.98 Å². The number of aryl methyl sites for hydroxylation is 1. The van der Waals surface area contributed by atoms with Crippen molar-refractivity contribution in [2.75, 3.05) is 11.4 Å². The summed E-state index contributed by atoms with van der Waals surface area (Å²) in [6, 6.07) is 9.00. The first kappa shape index (κ1) is 18.1. The number of amides is 1. The third kappa shape index (κ3) is 3.61. The molecular formula is C18H18BrN5O2S. The van der Waals surface area contributed by atoms with E-state index in [2.05, 4.69) is 31.3 Å². The first-order chi connectivity index (χ1) is 13.0. The smallest absolute Gasteiger partial charge is 0.275 e. The average Bonchev–Trinajstić information content (AvgIpc) is 3.27. The number of carbonyl (C=O) groups is 1. The van der Waals surface area contributed by atoms with Crippen molar-refractivity contribution < 1.29 is 4.79 Å². The largest absolute Gasteiger partial charge is 0.350 e. The molecule has 0 bridgehead atoms. The monoisotopic (exact) mass is 447 g/mol. The Balaban J connectivity index is 1.53. The number of hydrogen-bond donors (Lipinski definition) is 1. The van der Waals surface area contributed by atoms with Crippen LogP contribution in [-0.2, 0) is 11.3 Å². The summed E-state index contributed by atoms with van der Waals surface area (Å²) in [6.07, 6.45) is 1.67. The van der Waals surface area contributed by atoms with Gasteiger partial charge in [-0.15, -0.1) is 5.10 Å². The molecule has 1 aromatic carbocycles. The summed E-state index contributed by atoms with van der Waals surface area (Å²) in [5.74, 6) is -0.0287. The van der Waals surface area contributed by atoms with Crippen molar-refractivity contribution in [3.63, 3.8) is 0 Å². The van der Waals surface area contributed by atoms with Crippen LogP contribution in [0.3, 0.4) is 0 Å². The topological polar surface area (TPSA) is 79.6 Å². The van der Waals surface area contributed by atoms with Crippen LogP contribution < -0.4 is 15.8 Å². The van der Waals surface area contributed by atoms with E-state index in [1.54, 1.807) is 6.92 Å². The molecule has 7 nitrogen and oxygen atoms in total. The minimum atomic E-state index is -0.287. The normalized spacial score (nSPS) is 16.8. The van der Waals surface area contributed by atoms with Gasteiger partial charge in [0.1, 0.15) is 6.04 Å². The molecule has 1 atom stereocenters. The van der Waals surface area contributed by atoms with Gasteiger partial charge in [0.25, 0.3) is 5.56 Å². The zero-order valence-electron chi connectivity index (χ0n) is 14.7. The van der Waals surface area contributed by atoms with Gasteiger partial charge in [0.15, 0.2) is 0 Å². The van der Waals surface area contributed by atoms with E-state index in [0.717, 1.165) is 29.4 Å². The number of nitrogens with zero attached hydrogens (tertiary/aromatic N) is 4. The Hall–Kier alpha value is -2.26. The van der Waals surface area contributed by atoms with Crippen molar-refractivity contribution in [3.05, 3.63) is 56.4 Å². The molecular weight excluding hydrogens is 430 g/mol. The predicted octanol–water partition coefficient (Wildman–Crippen LogP) is 2.51. The number of aromatic nitrogens is 3. The first-order valence-corrected chi connectivity index (χ1v) is 10.3. The second-order valence-corrected chi connectivity index (χ2v) is 8.26. The number of anilines is 1. The van der Waals surface area contributed by atoms with Gasteiger partial charge < -0.3 is 10.2 Å². The molecule has 0 radical (unpaired) electrons. The Labute approximate surface area is 168 Å². The lowest BCUT2D eigenvalue weighted by molar-refractivity contribution is -0.122. The summed E-state index contributed by atoms with van der Waals surface area (Å²) in [5.41, 5.74) is 1.50. The molecule has 3 aromatic rings. The van der Waals surface area contributed by atoms with Crippen LogP contribution in [-0.4, -0.2) is 33.1 Å². The van der Waals surface area contributed by atoms with Crippen LogP contribution >= 0.6 is 27.3 Å². The Kier molecular flexibility index (Phi) is 4.96. The summed E-state index contributed by atoms with van der Waals surface area (Å²) < 4.78 is 2.28. The van der Waals surface area contributed by atoms with Crippen molar-refractivity contribution >= 4 is 43.3 Å². The van der Waals surface area contributed by atoms with E-state index >= 15 is 0 Å². The van der Waals surface area contributed by atoms with E-state index in [1.807, 2.05) is 29.2 Å². The number of nitrogens with one attached hydrogen (secondary N) is 1. The molecule has 0 spiro atoms. The molecule has 1 saturated heterocycles. The quantitative estimate of drug-likeness (QED) is 0.664. The van der Waals surface area contributed by atoms with Gasteiger partial charge in [-0.1, -0.05) is 45.5 Å². The maximum atomic E-state index is 12.8. The van der Waals surface area contributed by atoms with Crippen LogP contribution in [0.15, 0.2) is 39.6 Å². The highest BCUT2D eigenvalue weighted by atomic mass is 79.9. The van der Waals surface area contributed by atoms with E-state index in [4.69, 9.17) is 0 Å². The zero-order valence-corrected chi connectivity index (χ0v) is 17.1. The molecule has 0 saturated carbocycles. The highest BCUT2D eigenvalue weighted by Crippen LogP contribution is 2.29. The lowest BCUT2D eigenvalue weighted by Crippen LogP contribution is -2.43. The molecule has 1 fully saturated rings. The third-order valence-electron chi connectivity index (χ3n) is 4.57. The fourth-order valence-electron chi connectivity index (χ4n) is 3.24. The Morgan fingerprint density at radius 1 is 1.41 bits per heavy atom. The number of fused-ring (bicyclic) bond motifs is 1. The molecule has 27 heavy (non-hydrogen) atoms. The second kappa shape index (κ2) is 7.40. The number of carbonyl (C=O) groups excluding carboxylic acids is 1. The molecule has 3 heterocycles. The van der Waals surface area contributed by atoms with E-state index < -0.39 is 0 Å². The molecule has 0 aliphatic carbocycles.